The summed E-state index contributed by atoms with van der Waals surface area (Å²) < 4.78 is -0.487. The average molecular weight is 248 g/mol. The van der Waals surface area contributed by atoms with Gasteiger partial charge in [-0.1, -0.05) is 48.3 Å². The van der Waals surface area contributed by atoms with Gasteiger partial charge < -0.3 is 0 Å². The standard InChI is InChI=1S/C10H18BrNO/c1-7(2)9-5-4-8(3)6-10(9,11)12-13/h7-9H,4-6H2,1-3H3/t8-,9+,10+/m1/s1. The Hall–Kier alpha value is 0.0800. The molecule has 1 aliphatic carbocycles. The third kappa shape index (κ3) is 2.30. The fourth-order valence-electron chi connectivity index (χ4n) is 2.38. The summed E-state index contributed by atoms with van der Waals surface area (Å²) in [7, 11) is 0. The summed E-state index contributed by atoms with van der Waals surface area (Å²) in [6, 6.07) is 0. The van der Waals surface area contributed by atoms with Gasteiger partial charge in [-0.3, -0.25) is 0 Å². The molecule has 1 saturated carbocycles. The monoisotopic (exact) mass is 247 g/mol. The van der Waals surface area contributed by atoms with E-state index in [9.17, 15) is 4.91 Å². The Kier molecular flexibility index (Phi) is 3.50. The van der Waals surface area contributed by atoms with Crippen LogP contribution >= 0.6 is 15.9 Å². The van der Waals surface area contributed by atoms with Crippen LogP contribution in [0.5, 0.6) is 0 Å². The van der Waals surface area contributed by atoms with Crippen molar-refractivity contribution in [2.24, 2.45) is 22.9 Å². The van der Waals surface area contributed by atoms with Gasteiger partial charge in [-0.25, -0.2) is 0 Å². The molecule has 0 aromatic heterocycles. The molecule has 0 aromatic rings. The average Bonchev–Trinajstić information content (AvgIpc) is 2.03. The molecule has 0 aromatic carbocycles. The van der Waals surface area contributed by atoms with Gasteiger partial charge in [-0.15, -0.1) is 4.91 Å². The smallest absolute Gasteiger partial charge is 0.149 e. The minimum Gasteiger partial charge on any atom is -0.149 e. The molecule has 0 radical (unpaired) electrons. The minimum atomic E-state index is -0.487. The lowest BCUT2D eigenvalue weighted by atomic mass is 9.74. The molecular formula is C10H18BrNO. The number of halogens is 1. The van der Waals surface area contributed by atoms with E-state index in [4.69, 9.17) is 0 Å². The van der Waals surface area contributed by atoms with Crippen molar-refractivity contribution in [3.05, 3.63) is 4.91 Å². The summed E-state index contributed by atoms with van der Waals surface area (Å²) in [5.41, 5.74) is 0. The molecule has 0 unspecified atom stereocenters. The lowest BCUT2D eigenvalue weighted by Crippen LogP contribution is -2.38. The van der Waals surface area contributed by atoms with Crippen LogP contribution in [0.25, 0.3) is 0 Å². The maximum Gasteiger partial charge on any atom is 0.160 e. The fourth-order valence-corrected chi connectivity index (χ4v) is 3.69. The van der Waals surface area contributed by atoms with Crippen molar-refractivity contribution in [1.29, 1.82) is 0 Å². The molecule has 2 nitrogen and oxygen atoms in total. The van der Waals surface area contributed by atoms with Crippen LogP contribution in [0.4, 0.5) is 0 Å². The molecule has 13 heavy (non-hydrogen) atoms. The number of rotatable bonds is 2. The van der Waals surface area contributed by atoms with Crippen molar-refractivity contribution in [3.8, 4) is 0 Å². The topological polar surface area (TPSA) is 29.4 Å². The Morgan fingerprint density at radius 3 is 2.54 bits per heavy atom. The molecule has 0 heterocycles. The van der Waals surface area contributed by atoms with Gasteiger partial charge in [0, 0.05) is 0 Å². The molecule has 3 heteroatoms. The SMILES string of the molecule is CC(C)[C@@H]1CC[C@@H](C)C[C@]1(Br)N=O. The number of hydrogen-bond acceptors (Lipinski definition) is 2. The van der Waals surface area contributed by atoms with Crippen LogP contribution in [0, 0.1) is 22.7 Å². The van der Waals surface area contributed by atoms with Crippen molar-refractivity contribution < 1.29 is 0 Å². The highest BCUT2D eigenvalue weighted by molar-refractivity contribution is 9.10. The first-order chi connectivity index (χ1) is 5.99. The molecular weight excluding hydrogens is 230 g/mol. The van der Waals surface area contributed by atoms with Crippen molar-refractivity contribution in [2.75, 3.05) is 0 Å². The van der Waals surface area contributed by atoms with Crippen LogP contribution in [-0.2, 0) is 0 Å². The van der Waals surface area contributed by atoms with Crippen LogP contribution in [-0.4, -0.2) is 4.45 Å². The van der Waals surface area contributed by atoms with E-state index in [1.807, 2.05) is 0 Å². The number of nitrogens with zero attached hydrogens (tertiary/aromatic N) is 1. The quantitative estimate of drug-likeness (QED) is 0.413. The van der Waals surface area contributed by atoms with E-state index < -0.39 is 4.45 Å². The first-order valence-electron chi connectivity index (χ1n) is 5.03. The summed E-state index contributed by atoms with van der Waals surface area (Å²) in [6.07, 6.45) is 3.24. The zero-order valence-electron chi connectivity index (χ0n) is 8.59. The highest BCUT2D eigenvalue weighted by Gasteiger charge is 2.43. The summed E-state index contributed by atoms with van der Waals surface area (Å²) in [5.74, 6) is 1.55. The second-order valence-corrected chi connectivity index (χ2v) is 6.02. The van der Waals surface area contributed by atoms with Gasteiger partial charge in [-0.2, -0.15) is 0 Å². The van der Waals surface area contributed by atoms with Gasteiger partial charge in [0.25, 0.3) is 0 Å². The second-order valence-electron chi connectivity index (χ2n) is 4.65. The minimum absolute atomic E-state index is 0.404. The molecule has 76 valence electrons. The lowest BCUT2D eigenvalue weighted by molar-refractivity contribution is 0.182. The fraction of sp³-hybridized carbons (Fsp3) is 1.00. The van der Waals surface area contributed by atoms with Crippen molar-refractivity contribution >= 4 is 15.9 Å². The maximum atomic E-state index is 10.8. The highest BCUT2D eigenvalue weighted by atomic mass is 79.9. The van der Waals surface area contributed by atoms with Gasteiger partial charge in [0.2, 0.25) is 0 Å². The van der Waals surface area contributed by atoms with Crippen molar-refractivity contribution in [1.82, 2.24) is 0 Å². The Balaban J connectivity index is 2.78. The maximum absolute atomic E-state index is 10.8. The zero-order valence-corrected chi connectivity index (χ0v) is 10.2. The van der Waals surface area contributed by atoms with Crippen LogP contribution < -0.4 is 0 Å². The Morgan fingerprint density at radius 1 is 1.46 bits per heavy atom. The third-order valence-electron chi connectivity index (χ3n) is 3.13. The van der Waals surface area contributed by atoms with E-state index in [0.29, 0.717) is 17.8 Å². The van der Waals surface area contributed by atoms with Crippen molar-refractivity contribution in [3.63, 3.8) is 0 Å². The number of alkyl halides is 1. The second kappa shape index (κ2) is 4.07. The summed E-state index contributed by atoms with van der Waals surface area (Å²) >= 11 is 3.52. The molecule has 0 saturated heterocycles. The molecule has 3 atom stereocenters. The van der Waals surface area contributed by atoms with Crippen molar-refractivity contribution in [2.45, 2.75) is 44.5 Å². The summed E-state index contributed by atoms with van der Waals surface area (Å²) in [6.45, 7) is 6.53. The van der Waals surface area contributed by atoms with E-state index in [0.717, 1.165) is 12.8 Å². The van der Waals surface area contributed by atoms with Gasteiger partial charge in [0.1, 0.15) is 0 Å². The molecule has 0 N–H and O–H groups in total. The summed E-state index contributed by atoms with van der Waals surface area (Å²) in [4.78, 5) is 10.8. The normalized spacial score (nSPS) is 40.7. The van der Waals surface area contributed by atoms with Gasteiger partial charge in [-0.05, 0) is 30.6 Å². The third-order valence-corrected chi connectivity index (χ3v) is 4.19. The summed E-state index contributed by atoms with van der Waals surface area (Å²) in [5, 5.41) is 3.30. The van der Waals surface area contributed by atoms with Gasteiger partial charge >= 0.3 is 0 Å². The van der Waals surface area contributed by atoms with E-state index in [1.165, 1.54) is 6.42 Å². The highest BCUT2D eigenvalue weighted by Crippen LogP contribution is 2.47. The van der Waals surface area contributed by atoms with E-state index in [1.54, 1.807) is 0 Å². The largest absolute Gasteiger partial charge is 0.160 e. The van der Waals surface area contributed by atoms with E-state index >= 15 is 0 Å². The van der Waals surface area contributed by atoms with Crippen LogP contribution in [0.1, 0.15) is 40.0 Å². The molecule has 1 fully saturated rings. The predicted octanol–water partition coefficient (Wildman–Crippen LogP) is 3.94. The molecule has 0 aliphatic heterocycles. The Labute approximate surface area is 88.6 Å². The van der Waals surface area contributed by atoms with Gasteiger partial charge in [0.05, 0.1) is 0 Å². The first kappa shape index (κ1) is 11.2. The molecule has 0 bridgehead atoms. The Morgan fingerprint density at radius 2 is 2.08 bits per heavy atom. The lowest BCUT2D eigenvalue weighted by Gasteiger charge is -2.39. The Bertz CT molecular complexity index is 195. The zero-order chi connectivity index (χ0) is 10.1. The predicted molar refractivity (Wildman–Crippen MR) is 58.8 cm³/mol. The number of nitroso groups, excluding NO2 is 1. The first-order valence-corrected chi connectivity index (χ1v) is 5.82. The van der Waals surface area contributed by atoms with Crippen LogP contribution in [0.2, 0.25) is 0 Å². The molecule has 0 spiro atoms. The van der Waals surface area contributed by atoms with Crippen LogP contribution in [0.3, 0.4) is 0 Å². The van der Waals surface area contributed by atoms with Crippen LogP contribution in [0.15, 0.2) is 5.18 Å². The van der Waals surface area contributed by atoms with E-state index in [-0.39, 0.29) is 0 Å². The molecule has 1 rings (SSSR count). The molecule has 0 amide bonds. The van der Waals surface area contributed by atoms with Gasteiger partial charge in [0.15, 0.2) is 4.45 Å². The number of hydrogen-bond donors (Lipinski definition) is 0. The molecule has 1 aliphatic rings. The van der Waals surface area contributed by atoms with E-state index in [2.05, 4.69) is 41.9 Å².